The lowest BCUT2D eigenvalue weighted by Crippen LogP contribution is -2.35. The van der Waals surface area contributed by atoms with E-state index < -0.39 is 0 Å². The molecule has 0 radical (unpaired) electrons. The van der Waals surface area contributed by atoms with E-state index in [0.717, 1.165) is 32.8 Å². The third-order valence-corrected chi connectivity index (χ3v) is 7.31. The molecule has 1 heterocycles. The van der Waals surface area contributed by atoms with Crippen LogP contribution in [0, 0.1) is 0 Å². The smallest absolute Gasteiger partial charge is 0.0934 e. The third kappa shape index (κ3) is 22.5. The monoisotopic (exact) mass is 505 g/mol. The molecule has 0 aromatic rings. The van der Waals surface area contributed by atoms with Crippen LogP contribution in [0.5, 0.6) is 0 Å². The molecular weight excluding hydrogens is 442 g/mol. The van der Waals surface area contributed by atoms with Crippen LogP contribution in [0.15, 0.2) is 24.3 Å². The summed E-state index contributed by atoms with van der Waals surface area (Å²) in [4.78, 5) is 2.57. The van der Waals surface area contributed by atoms with E-state index in [2.05, 4.69) is 43.1 Å². The molecule has 212 valence electrons. The first-order valence-corrected chi connectivity index (χ1v) is 16.1. The van der Waals surface area contributed by atoms with Crippen molar-refractivity contribution in [1.82, 2.24) is 4.90 Å². The van der Waals surface area contributed by atoms with Gasteiger partial charge in [0.2, 0.25) is 0 Å². The largest absolute Gasteiger partial charge is 0.379 e. The number of rotatable bonds is 27. The van der Waals surface area contributed by atoms with Gasteiger partial charge in [0.15, 0.2) is 0 Å². The van der Waals surface area contributed by atoms with Crippen LogP contribution in [0.3, 0.4) is 0 Å². The molecular formula is C33H63NO2. The standard InChI is InChI=1S/C33H63NO2/c1-3-5-7-9-11-12-13-14-15-16-17-18-19-20-22-26-30-36-33(31-34-27-23-24-28-34)32-35-29-25-21-10-8-6-4-2/h11-12,14-15,33H,3-10,13,16-32H2,1-2H3/b12-11-,15-14-/t33-/m0/s1. The molecule has 0 aliphatic carbocycles. The average molecular weight is 506 g/mol. The van der Waals surface area contributed by atoms with Gasteiger partial charge in [-0.3, -0.25) is 0 Å². The van der Waals surface area contributed by atoms with Crippen molar-refractivity contribution in [2.45, 2.75) is 148 Å². The Morgan fingerprint density at radius 1 is 0.611 bits per heavy atom. The minimum Gasteiger partial charge on any atom is -0.379 e. The number of hydrogen-bond donors (Lipinski definition) is 0. The molecule has 1 atom stereocenters. The zero-order valence-corrected chi connectivity index (χ0v) is 24.5. The van der Waals surface area contributed by atoms with E-state index in [1.165, 1.54) is 135 Å². The molecule has 1 aliphatic heterocycles. The zero-order valence-electron chi connectivity index (χ0n) is 24.5. The van der Waals surface area contributed by atoms with Gasteiger partial charge in [0, 0.05) is 19.8 Å². The lowest BCUT2D eigenvalue weighted by Gasteiger charge is -2.24. The van der Waals surface area contributed by atoms with E-state index in [9.17, 15) is 0 Å². The first kappa shape index (κ1) is 33.4. The molecule has 1 fully saturated rings. The average Bonchev–Trinajstić information content (AvgIpc) is 3.40. The van der Waals surface area contributed by atoms with Gasteiger partial charge in [-0.05, 0) is 70.9 Å². The van der Waals surface area contributed by atoms with Gasteiger partial charge in [0.05, 0.1) is 12.7 Å². The van der Waals surface area contributed by atoms with Gasteiger partial charge >= 0.3 is 0 Å². The summed E-state index contributed by atoms with van der Waals surface area (Å²) < 4.78 is 12.3. The Hall–Kier alpha value is -0.640. The van der Waals surface area contributed by atoms with Gasteiger partial charge in [-0.25, -0.2) is 0 Å². The number of unbranched alkanes of at least 4 members (excludes halogenated alkanes) is 14. The lowest BCUT2D eigenvalue weighted by molar-refractivity contribution is -0.0316. The molecule has 36 heavy (non-hydrogen) atoms. The van der Waals surface area contributed by atoms with Crippen LogP contribution >= 0.6 is 0 Å². The molecule has 0 spiro atoms. The first-order valence-electron chi connectivity index (χ1n) is 16.1. The highest BCUT2D eigenvalue weighted by molar-refractivity contribution is 4.92. The third-order valence-electron chi connectivity index (χ3n) is 7.31. The molecule has 0 aromatic heterocycles. The Bertz CT molecular complexity index is 484. The number of nitrogens with zero attached hydrogens (tertiary/aromatic N) is 1. The molecule has 1 rings (SSSR count). The summed E-state index contributed by atoms with van der Waals surface area (Å²) >= 11 is 0. The van der Waals surface area contributed by atoms with Gasteiger partial charge in [-0.15, -0.1) is 0 Å². The molecule has 0 N–H and O–H groups in total. The van der Waals surface area contributed by atoms with Crippen LogP contribution in [0.25, 0.3) is 0 Å². The molecule has 0 saturated carbocycles. The fraction of sp³-hybridized carbons (Fsp3) is 0.879. The van der Waals surface area contributed by atoms with Crippen LogP contribution < -0.4 is 0 Å². The molecule has 0 unspecified atom stereocenters. The maximum absolute atomic E-state index is 6.30. The molecule has 0 bridgehead atoms. The second-order valence-corrected chi connectivity index (χ2v) is 10.9. The van der Waals surface area contributed by atoms with Crippen LogP contribution in [-0.2, 0) is 9.47 Å². The van der Waals surface area contributed by atoms with Gasteiger partial charge in [0.1, 0.15) is 0 Å². The van der Waals surface area contributed by atoms with Gasteiger partial charge < -0.3 is 14.4 Å². The van der Waals surface area contributed by atoms with Crippen molar-refractivity contribution < 1.29 is 9.47 Å². The summed E-state index contributed by atoms with van der Waals surface area (Å²) in [5.41, 5.74) is 0. The summed E-state index contributed by atoms with van der Waals surface area (Å²) in [6.45, 7) is 10.6. The lowest BCUT2D eigenvalue weighted by atomic mass is 10.1. The summed E-state index contributed by atoms with van der Waals surface area (Å²) in [5.74, 6) is 0. The van der Waals surface area contributed by atoms with Crippen LogP contribution in [0.1, 0.15) is 142 Å². The van der Waals surface area contributed by atoms with Gasteiger partial charge in [-0.2, -0.15) is 0 Å². The van der Waals surface area contributed by atoms with Crippen molar-refractivity contribution in [2.75, 3.05) is 39.5 Å². The highest BCUT2D eigenvalue weighted by atomic mass is 16.5. The molecule has 0 amide bonds. The van der Waals surface area contributed by atoms with Gasteiger partial charge in [-0.1, -0.05) is 109 Å². The van der Waals surface area contributed by atoms with Crippen LogP contribution in [-0.4, -0.2) is 50.5 Å². The normalized spacial score (nSPS) is 15.6. The Morgan fingerprint density at radius 2 is 1.14 bits per heavy atom. The minimum absolute atomic E-state index is 0.251. The highest BCUT2D eigenvalue weighted by Gasteiger charge is 2.18. The molecule has 3 nitrogen and oxygen atoms in total. The predicted molar refractivity (Wildman–Crippen MR) is 159 cm³/mol. The maximum atomic E-state index is 6.30. The SMILES string of the molecule is CCCCC/C=C\C/C=C\CCCCCCCCO[C@H](COCCCCCCCC)CN1CCCC1. The van der Waals surface area contributed by atoms with Gasteiger partial charge in [0.25, 0.3) is 0 Å². The Kier molecular flexibility index (Phi) is 25.4. The van der Waals surface area contributed by atoms with E-state index in [4.69, 9.17) is 9.47 Å². The van der Waals surface area contributed by atoms with E-state index >= 15 is 0 Å². The highest BCUT2D eigenvalue weighted by Crippen LogP contribution is 2.12. The maximum Gasteiger partial charge on any atom is 0.0934 e. The summed E-state index contributed by atoms with van der Waals surface area (Å²) in [6, 6.07) is 0. The van der Waals surface area contributed by atoms with E-state index in [1.54, 1.807) is 0 Å². The summed E-state index contributed by atoms with van der Waals surface area (Å²) in [7, 11) is 0. The molecule has 0 aromatic carbocycles. The molecule has 1 aliphatic rings. The predicted octanol–water partition coefficient (Wildman–Crippen LogP) is 9.66. The second-order valence-electron chi connectivity index (χ2n) is 10.9. The topological polar surface area (TPSA) is 21.7 Å². The molecule has 3 heteroatoms. The summed E-state index contributed by atoms with van der Waals surface area (Å²) in [5, 5.41) is 0. The Labute approximate surface area is 226 Å². The number of ether oxygens (including phenoxy) is 2. The van der Waals surface area contributed by atoms with E-state index in [1.807, 2.05) is 0 Å². The number of allylic oxidation sites excluding steroid dienone is 4. The van der Waals surface area contributed by atoms with Crippen LogP contribution in [0.2, 0.25) is 0 Å². The van der Waals surface area contributed by atoms with Crippen molar-refractivity contribution in [1.29, 1.82) is 0 Å². The number of hydrogen-bond acceptors (Lipinski definition) is 3. The van der Waals surface area contributed by atoms with E-state index in [-0.39, 0.29) is 6.10 Å². The summed E-state index contributed by atoms with van der Waals surface area (Å²) in [6.07, 6.45) is 35.8. The molecule has 1 saturated heterocycles. The fourth-order valence-electron chi connectivity index (χ4n) is 4.95. The van der Waals surface area contributed by atoms with Crippen molar-refractivity contribution in [3.63, 3.8) is 0 Å². The Balaban J connectivity index is 1.98. The fourth-order valence-corrected chi connectivity index (χ4v) is 4.95. The van der Waals surface area contributed by atoms with Crippen molar-refractivity contribution in [3.05, 3.63) is 24.3 Å². The zero-order chi connectivity index (χ0) is 25.8. The van der Waals surface area contributed by atoms with Crippen molar-refractivity contribution >= 4 is 0 Å². The number of likely N-dealkylation sites (tertiary alicyclic amines) is 1. The minimum atomic E-state index is 0.251. The quantitative estimate of drug-likeness (QED) is 0.0819. The van der Waals surface area contributed by atoms with Crippen molar-refractivity contribution in [2.24, 2.45) is 0 Å². The van der Waals surface area contributed by atoms with Crippen molar-refractivity contribution in [3.8, 4) is 0 Å². The van der Waals surface area contributed by atoms with E-state index in [0.29, 0.717) is 0 Å². The Morgan fingerprint density at radius 3 is 1.81 bits per heavy atom. The first-order chi connectivity index (χ1) is 17.9. The second kappa shape index (κ2) is 27.4. The van der Waals surface area contributed by atoms with Crippen LogP contribution in [0.4, 0.5) is 0 Å².